The molecule has 2 aliphatic rings. The summed E-state index contributed by atoms with van der Waals surface area (Å²) in [6.45, 7) is 5.27. The second-order valence-electron chi connectivity index (χ2n) is 8.49. The molecule has 0 aromatic rings. The van der Waals surface area contributed by atoms with Crippen molar-refractivity contribution in [3.8, 4) is 0 Å². The van der Waals surface area contributed by atoms with Crippen molar-refractivity contribution < 1.29 is 19.5 Å². The molecule has 0 aromatic carbocycles. The molecule has 2 rings (SSSR count). The lowest BCUT2D eigenvalue weighted by atomic mass is 9.68. The Balaban J connectivity index is 2.30. The van der Waals surface area contributed by atoms with E-state index in [0.717, 1.165) is 32.1 Å². The first-order chi connectivity index (χ1) is 14.5. The predicted molar refractivity (Wildman–Crippen MR) is 116 cm³/mol. The Labute approximate surface area is 180 Å². The highest BCUT2D eigenvalue weighted by atomic mass is 16.3. The summed E-state index contributed by atoms with van der Waals surface area (Å²) in [6, 6.07) is -0.589. The van der Waals surface area contributed by atoms with Gasteiger partial charge < -0.3 is 20.6 Å². The summed E-state index contributed by atoms with van der Waals surface area (Å²) in [7, 11) is 1.61. The third kappa shape index (κ3) is 5.42. The number of nitrogens with one attached hydrogen (secondary N) is 2. The third-order valence-corrected chi connectivity index (χ3v) is 6.44. The maximum absolute atomic E-state index is 13.5. The van der Waals surface area contributed by atoms with Crippen LogP contribution in [-0.4, -0.2) is 60.5 Å². The number of fused-ring (bicyclic) bond motifs is 1. The highest BCUT2D eigenvalue weighted by molar-refractivity contribution is 5.96. The van der Waals surface area contributed by atoms with Crippen LogP contribution in [0.1, 0.15) is 58.8 Å². The minimum atomic E-state index is -0.589. The summed E-state index contributed by atoms with van der Waals surface area (Å²) >= 11 is 0. The van der Waals surface area contributed by atoms with E-state index in [1.165, 1.54) is 0 Å². The maximum Gasteiger partial charge on any atom is 0.243 e. The van der Waals surface area contributed by atoms with Gasteiger partial charge in [0.2, 0.25) is 17.7 Å². The summed E-state index contributed by atoms with van der Waals surface area (Å²) in [6.07, 6.45) is 10.1. The summed E-state index contributed by atoms with van der Waals surface area (Å²) in [5.74, 6) is -1.61. The van der Waals surface area contributed by atoms with Crippen LogP contribution in [0.25, 0.3) is 0 Å². The Morgan fingerprint density at radius 1 is 1.07 bits per heavy atom. The van der Waals surface area contributed by atoms with Crippen LogP contribution in [-0.2, 0) is 14.4 Å². The van der Waals surface area contributed by atoms with Gasteiger partial charge in [0.05, 0.1) is 11.8 Å². The first kappa shape index (κ1) is 24.4. The Bertz CT molecular complexity index is 622. The number of allylic oxidation sites excluding steroid dienone is 1. The molecular weight excluding hydrogens is 382 g/mol. The molecule has 30 heavy (non-hydrogen) atoms. The summed E-state index contributed by atoms with van der Waals surface area (Å²) in [4.78, 5) is 41.0. The summed E-state index contributed by atoms with van der Waals surface area (Å²) in [5.41, 5.74) is 0. The van der Waals surface area contributed by atoms with Crippen molar-refractivity contribution in [3.05, 3.63) is 12.2 Å². The second-order valence-corrected chi connectivity index (χ2v) is 8.49. The van der Waals surface area contributed by atoms with Crippen molar-refractivity contribution >= 4 is 17.7 Å². The monoisotopic (exact) mass is 421 g/mol. The molecular formula is C23H39N3O4. The maximum atomic E-state index is 13.5. The smallest absolute Gasteiger partial charge is 0.243 e. The minimum Gasteiger partial charge on any atom is -0.396 e. The fraction of sp³-hybridized carbons (Fsp3) is 0.783. The van der Waals surface area contributed by atoms with E-state index in [2.05, 4.69) is 24.5 Å². The first-order valence-corrected chi connectivity index (χ1v) is 11.6. The zero-order chi connectivity index (χ0) is 22.1. The molecule has 170 valence electrons. The van der Waals surface area contributed by atoms with Crippen LogP contribution in [0.2, 0.25) is 0 Å². The number of aliphatic hydroxyl groups is 1. The molecule has 0 saturated carbocycles. The van der Waals surface area contributed by atoms with Gasteiger partial charge in [-0.3, -0.25) is 14.4 Å². The molecule has 5 atom stereocenters. The number of carbonyl (C=O) groups is 3. The largest absolute Gasteiger partial charge is 0.396 e. The van der Waals surface area contributed by atoms with Crippen LogP contribution in [0.4, 0.5) is 0 Å². The van der Waals surface area contributed by atoms with Gasteiger partial charge in [-0.1, -0.05) is 45.3 Å². The van der Waals surface area contributed by atoms with Crippen LogP contribution < -0.4 is 10.6 Å². The van der Waals surface area contributed by atoms with E-state index < -0.39 is 17.9 Å². The SMILES string of the molecule is CCCCCNC(=O)[C@@H]1[C@H]2C=C[C@@H](CCC)[C@@H](C(=O)NC)[C@H]2C(=O)N1CCCCO. The Kier molecular flexibility index (Phi) is 9.82. The zero-order valence-electron chi connectivity index (χ0n) is 18.7. The van der Waals surface area contributed by atoms with Crippen molar-refractivity contribution in [2.75, 3.05) is 26.7 Å². The van der Waals surface area contributed by atoms with Gasteiger partial charge in [0, 0.05) is 32.7 Å². The number of hydrogen-bond acceptors (Lipinski definition) is 4. The highest BCUT2D eigenvalue weighted by Crippen LogP contribution is 2.45. The molecule has 7 nitrogen and oxygen atoms in total. The van der Waals surface area contributed by atoms with Crippen LogP contribution in [0, 0.1) is 23.7 Å². The van der Waals surface area contributed by atoms with E-state index in [0.29, 0.717) is 25.9 Å². The van der Waals surface area contributed by atoms with Crippen molar-refractivity contribution in [2.45, 2.75) is 64.8 Å². The Morgan fingerprint density at radius 3 is 2.47 bits per heavy atom. The van der Waals surface area contributed by atoms with Crippen LogP contribution in [0.15, 0.2) is 12.2 Å². The molecule has 3 amide bonds. The van der Waals surface area contributed by atoms with Gasteiger partial charge in [0.15, 0.2) is 0 Å². The zero-order valence-corrected chi connectivity index (χ0v) is 18.7. The molecule has 0 radical (unpaired) electrons. The number of nitrogens with zero attached hydrogens (tertiary/aromatic N) is 1. The molecule has 1 aliphatic heterocycles. The molecule has 0 aromatic heterocycles. The van der Waals surface area contributed by atoms with Crippen molar-refractivity contribution in [1.29, 1.82) is 0 Å². The number of rotatable bonds is 12. The first-order valence-electron chi connectivity index (χ1n) is 11.6. The van der Waals surface area contributed by atoms with Crippen molar-refractivity contribution in [1.82, 2.24) is 15.5 Å². The fourth-order valence-corrected chi connectivity index (χ4v) is 4.96. The van der Waals surface area contributed by atoms with Gasteiger partial charge in [-0.05, 0) is 31.6 Å². The van der Waals surface area contributed by atoms with E-state index in [9.17, 15) is 14.4 Å². The van der Waals surface area contributed by atoms with Gasteiger partial charge >= 0.3 is 0 Å². The highest BCUT2D eigenvalue weighted by Gasteiger charge is 2.56. The summed E-state index contributed by atoms with van der Waals surface area (Å²) in [5, 5.41) is 14.9. The van der Waals surface area contributed by atoms with Gasteiger partial charge in [-0.25, -0.2) is 0 Å². The fourth-order valence-electron chi connectivity index (χ4n) is 4.96. The number of amides is 3. The molecule has 0 spiro atoms. The molecule has 1 heterocycles. The Hall–Kier alpha value is -1.89. The lowest BCUT2D eigenvalue weighted by Crippen LogP contribution is -2.48. The second kappa shape index (κ2) is 12.1. The molecule has 7 heteroatoms. The van der Waals surface area contributed by atoms with E-state index >= 15 is 0 Å². The average molecular weight is 422 g/mol. The topological polar surface area (TPSA) is 98.7 Å². The average Bonchev–Trinajstić information content (AvgIpc) is 3.03. The third-order valence-electron chi connectivity index (χ3n) is 6.44. The normalized spacial score (nSPS) is 27.8. The number of unbranched alkanes of at least 4 members (excludes halogenated alkanes) is 3. The van der Waals surface area contributed by atoms with Gasteiger partial charge in [-0.15, -0.1) is 0 Å². The molecule has 0 bridgehead atoms. The van der Waals surface area contributed by atoms with Gasteiger partial charge in [0.1, 0.15) is 6.04 Å². The number of carbonyl (C=O) groups excluding carboxylic acids is 3. The predicted octanol–water partition coefficient (Wildman–Crippen LogP) is 1.86. The minimum absolute atomic E-state index is 0.00538. The van der Waals surface area contributed by atoms with Crippen LogP contribution in [0.3, 0.4) is 0 Å². The lowest BCUT2D eigenvalue weighted by molar-refractivity contribution is -0.140. The number of hydrogen-bond donors (Lipinski definition) is 3. The number of likely N-dealkylation sites (tertiary alicyclic amines) is 1. The number of aliphatic hydroxyl groups excluding tert-OH is 1. The van der Waals surface area contributed by atoms with Gasteiger partial charge in [-0.2, -0.15) is 0 Å². The van der Waals surface area contributed by atoms with E-state index in [1.807, 2.05) is 12.2 Å². The molecule has 1 fully saturated rings. The van der Waals surface area contributed by atoms with Gasteiger partial charge in [0.25, 0.3) is 0 Å². The molecule has 1 saturated heterocycles. The van der Waals surface area contributed by atoms with E-state index in [4.69, 9.17) is 5.11 Å². The Morgan fingerprint density at radius 2 is 1.83 bits per heavy atom. The molecule has 3 N–H and O–H groups in total. The van der Waals surface area contributed by atoms with E-state index in [1.54, 1.807) is 11.9 Å². The summed E-state index contributed by atoms with van der Waals surface area (Å²) < 4.78 is 0. The van der Waals surface area contributed by atoms with Crippen LogP contribution >= 0.6 is 0 Å². The standard InChI is InChI=1S/C23H39N3O4/c1-4-6-7-13-25-22(29)20-17-12-11-16(10-5-2)18(21(28)24-3)19(17)23(30)26(20)14-8-9-15-27/h11-12,16-20,27H,4-10,13-15H2,1-3H3,(H,24,28)(H,25,29)/t16-,17+,18-,19+,20+/m1/s1. The molecule has 1 aliphatic carbocycles. The van der Waals surface area contributed by atoms with Crippen molar-refractivity contribution in [3.63, 3.8) is 0 Å². The van der Waals surface area contributed by atoms with Crippen molar-refractivity contribution in [2.24, 2.45) is 23.7 Å². The lowest BCUT2D eigenvalue weighted by Gasteiger charge is -2.34. The van der Waals surface area contributed by atoms with E-state index in [-0.39, 0.29) is 36.2 Å². The van der Waals surface area contributed by atoms with Crippen LogP contribution in [0.5, 0.6) is 0 Å². The quantitative estimate of drug-likeness (QED) is 0.331. The molecule has 0 unspecified atom stereocenters.